The van der Waals surface area contributed by atoms with Crippen molar-refractivity contribution in [1.29, 1.82) is 0 Å². The molecule has 0 saturated heterocycles. The molecule has 0 amide bonds. The van der Waals surface area contributed by atoms with Crippen LogP contribution < -0.4 is 18.1 Å². The Morgan fingerprint density at radius 1 is 0.875 bits per heavy atom. The van der Waals surface area contributed by atoms with Gasteiger partial charge in [0.05, 0.1) is 0 Å². The van der Waals surface area contributed by atoms with E-state index in [9.17, 15) is 0 Å². The third-order valence-electron chi connectivity index (χ3n) is 2.80. The van der Waals surface area contributed by atoms with Crippen LogP contribution in [-0.4, -0.2) is 0 Å². The standard InChI is InChI=1S/C14H15N.ClH/c1-10-5-3-4-6-13(10)12-7-8-14(15)11(2)9-12;/h3-9H,15H2,1-2H3;1H. The van der Waals surface area contributed by atoms with Crippen LogP contribution in [0.1, 0.15) is 11.1 Å². The zero-order valence-corrected chi connectivity index (χ0v) is 10.4. The van der Waals surface area contributed by atoms with Crippen molar-refractivity contribution in [3.05, 3.63) is 53.6 Å². The Bertz CT molecular complexity index is 492. The lowest BCUT2D eigenvalue weighted by Crippen LogP contribution is -3.00. The van der Waals surface area contributed by atoms with E-state index in [1.54, 1.807) is 0 Å². The molecule has 2 rings (SSSR count). The molecule has 0 aliphatic rings. The molecule has 0 atom stereocenters. The highest BCUT2D eigenvalue weighted by Gasteiger charge is 2.03. The topological polar surface area (TPSA) is 27.6 Å². The first-order chi connectivity index (χ1) is 7.18. The van der Waals surface area contributed by atoms with Gasteiger partial charge in [-0.25, -0.2) is 0 Å². The van der Waals surface area contributed by atoms with E-state index < -0.39 is 0 Å². The van der Waals surface area contributed by atoms with E-state index in [1.165, 1.54) is 22.3 Å². The van der Waals surface area contributed by atoms with Crippen LogP contribution in [0.15, 0.2) is 42.5 Å². The van der Waals surface area contributed by atoms with Crippen molar-refractivity contribution in [1.82, 2.24) is 0 Å². The summed E-state index contributed by atoms with van der Waals surface area (Å²) in [6.07, 6.45) is 0. The summed E-state index contributed by atoms with van der Waals surface area (Å²) in [5.41, 5.74) is 10.2. The fourth-order valence-corrected chi connectivity index (χ4v) is 1.76. The van der Waals surface area contributed by atoms with Gasteiger partial charge in [0.15, 0.2) is 0 Å². The first-order valence-electron chi connectivity index (χ1n) is 5.17. The fraction of sp³-hybridized carbons (Fsp3) is 0.143. The average molecular weight is 234 g/mol. The molecule has 2 aromatic rings. The molecule has 0 radical (unpaired) electrons. The zero-order valence-electron chi connectivity index (χ0n) is 9.63. The summed E-state index contributed by atoms with van der Waals surface area (Å²) >= 11 is 0. The summed E-state index contributed by atoms with van der Waals surface area (Å²) in [5, 5.41) is 0. The molecular formula is C14H16ClN. The highest BCUT2D eigenvalue weighted by molar-refractivity contribution is 5.69. The Kier molecular flexibility index (Phi) is 4.11. The minimum Gasteiger partial charge on any atom is -1.00 e. The Labute approximate surface area is 103 Å². The zero-order chi connectivity index (χ0) is 10.8. The third kappa shape index (κ3) is 2.43. The van der Waals surface area contributed by atoms with E-state index >= 15 is 0 Å². The second-order valence-electron chi connectivity index (χ2n) is 3.96. The van der Waals surface area contributed by atoms with E-state index in [0.29, 0.717) is 0 Å². The lowest BCUT2D eigenvalue weighted by molar-refractivity contribution is -0.255. The van der Waals surface area contributed by atoms with Gasteiger partial charge in [0, 0.05) is 5.56 Å². The summed E-state index contributed by atoms with van der Waals surface area (Å²) in [7, 11) is 0. The maximum atomic E-state index is 3.98. The molecule has 0 heterocycles. The van der Waals surface area contributed by atoms with Gasteiger partial charge in [-0.3, -0.25) is 0 Å². The second kappa shape index (κ2) is 5.15. The minimum absolute atomic E-state index is 0. The molecule has 2 heteroatoms. The van der Waals surface area contributed by atoms with Gasteiger partial charge in [-0.15, -0.1) is 0 Å². The molecular weight excluding hydrogens is 218 g/mol. The SMILES string of the molecule is Cc1cc(-c2ccccc2C)ccc1[NH3+].[Cl-]. The van der Waals surface area contributed by atoms with Crippen LogP contribution in [0, 0.1) is 13.8 Å². The summed E-state index contributed by atoms with van der Waals surface area (Å²) < 4.78 is 0. The molecule has 0 unspecified atom stereocenters. The molecule has 84 valence electrons. The smallest absolute Gasteiger partial charge is 0.130 e. The molecule has 0 aliphatic carbocycles. The highest BCUT2D eigenvalue weighted by Crippen LogP contribution is 2.25. The van der Waals surface area contributed by atoms with Crippen LogP contribution in [0.5, 0.6) is 0 Å². The quantitative estimate of drug-likeness (QED) is 0.710. The number of halogens is 1. The Hall–Kier alpha value is -1.31. The molecule has 2 aromatic carbocycles. The van der Waals surface area contributed by atoms with Crippen molar-refractivity contribution in [2.24, 2.45) is 0 Å². The molecule has 0 fully saturated rings. The number of aryl methyl sites for hydroxylation is 2. The number of benzene rings is 2. The van der Waals surface area contributed by atoms with Crippen LogP contribution in [0.25, 0.3) is 11.1 Å². The van der Waals surface area contributed by atoms with Crippen molar-refractivity contribution < 1.29 is 18.1 Å². The Morgan fingerprint density at radius 3 is 2.19 bits per heavy atom. The van der Waals surface area contributed by atoms with Gasteiger partial charge in [-0.05, 0) is 48.7 Å². The van der Waals surface area contributed by atoms with E-state index in [2.05, 4.69) is 62.0 Å². The normalized spacial score (nSPS) is 9.69. The first-order valence-corrected chi connectivity index (χ1v) is 5.17. The van der Waals surface area contributed by atoms with Crippen molar-refractivity contribution in [2.75, 3.05) is 0 Å². The van der Waals surface area contributed by atoms with Gasteiger partial charge in [0.2, 0.25) is 0 Å². The summed E-state index contributed by atoms with van der Waals surface area (Å²) in [5.74, 6) is 0. The lowest BCUT2D eigenvalue weighted by Gasteiger charge is -2.06. The van der Waals surface area contributed by atoms with E-state index in [4.69, 9.17) is 0 Å². The first kappa shape index (κ1) is 12.8. The van der Waals surface area contributed by atoms with Gasteiger partial charge in [-0.1, -0.05) is 24.3 Å². The molecule has 0 saturated carbocycles. The van der Waals surface area contributed by atoms with Crippen LogP contribution in [0.4, 0.5) is 5.69 Å². The summed E-state index contributed by atoms with van der Waals surface area (Å²) in [6, 6.07) is 14.9. The van der Waals surface area contributed by atoms with E-state index in [0.717, 1.165) is 5.69 Å². The van der Waals surface area contributed by atoms with Gasteiger partial charge in [-0.2, -0.15) is 0 Å². The van der Waals surface area contributed by atoms with E-state index in [1.807, 2.05) is 0 Å². The predicted octanol–water partition coefficient (Wildman–Crippen LogP) is -0.152. The number of quaternary nitrogens is 1. The minimum atomic E-state index is 0. The maximum absolute atomic E-state index is 3.98. The van der Waals surface area contributed by atoms with Crippen LogP contribution in [0.3, 0.4) is 0 Å². The fourth-order valence-electron chi connectivity index (χ4n) is 1.76. The second-order valence-corrected chi connectivity index (χ2v) is 3.96. The Morgan fingerprint density at radius 2 is 1.56 bits per heavy atom. The molecule has 0 aromatic heterocycles. The third-order valence-corrected chi connectivity index (χ3v) is 2.80. The number of hydrogen-bond acceptors (Lipinski definition) is 0. The van der Waals surface area contributed by atoms with Crippen molar-refractivity contribution in [2.45, 2.75) is 13.8 Å². The van der Waals surface area contributed by atoms with Gasteiger partial charge >= 0.3 is 0 Å². The molecule has 1 nitrogen and oxygen atoms in total. The number of rotatable bonds is 1. The van der Waals surface area contributed by atoms with Crippen LogP contribution in [-0.2, 0) is 0 Å². The molecule has 0 bridgehead atoms. The van der Waals surface area contributed by atoms with E-state index in [-0.39, 0.29) is 12.4 Å². The molecule has 0 spiro atoms. The average Bonchev–Trinajstić information content (AvgIpc) is 2.23. The highest BCUT2D eigenvalue weighted by atomic mass is 35.5. The molecule has 16 heavy (non-hydrogen) atoms. The number of hydrogen-bond donors (Lipinski definition) is 1. The predicted molar refractivity (Wildman–Crippen MR) is 63.9 cm³/mol. The Balaban J connectivity index is 0.00000128. The monoisotopic (exact) mass is 233 g/mol. The summed E-state index contributed by atoms with van der Waals surface area (Å²) in [4.78, 5) is 0. The lowest BCUT2D eigenvalue weighted by atomic mass is 9.99. The van der Waals surface area contributed by atoms with Crippen LogP contribution >= 0.6 is 0 Å². The largest absolute Gasteiger partial charge is 1.00 e. The van der Waals surface area contributed by atoms with Gasteiger partial charge in [0.25, 0.3) is 0 Å². The summed E-state index contributed by atoms with van der Waals surface area (Å²) in [6.45, 7) is 4.24. The maximum Gasteiger partial charge on any atom is 0.130 e. The molecule has 3 N–H and O–H groups in total. The van der Waals surface area contributed by atoms with Crippen molar-refractivity contribution in [3.63, 3.8) is 0 Å². The van der Waals surface area contributed by atoms with Crippen LogP contribution in [0.2, 0.25) is 0 Å². The molecule has 0 aliphatic heterocycles. The van der Waals surface area contributed by atoms with Crippen molar-refractivity contribution in [3.8, 4) is 11.1 Å². The van der Waals surface area contributed by atoms with Crippen molar-refractivity contribution >= 4 is 5.69 Å². The van der Waals surface area contributed by atoms with Gasteiger partial charge in [0.1, 0.15) is 5.69 Å². The van der Waals surface area contributed by atoms with Gasteiger partial charge < -0.3 is 18.1 Å².